The molecule has 22 heavy (non-hydrogen) atoms. The quantitative estimate of drug-likeness (QED) is 0.775. The van der Waals surface area contributed by atoms with Crippen LogP contribution in [0, 0.1) is 0 Å². The molecule has 3 aromatic rings. The highest BCUT2D eigenvalue weighted by atomic mass is 16.5. The van der Waals surface area contributed by atoms with E-state index < -0.39 is 0 Å². The largest absolute Gasteiger partial charge is 0.497 e. The summed E-state index contributed by atoms with van der Waals surface area (Å²) in [5.74, 6) is 0.921. The SMILES string of the molecule is COc1cc(OC)cc(C(=O)Nc2cccc3cc[nH]c23)c1. The number of carbonyl (C=O) groups is 1. The number of ether oxygens (including phenoxy) is 2. The molecular weight excluding hydrogens is 280 g/mol. The first-order valence-corrected chi connectivity index (χ1v) is 6.82. The van der Waals surface area contributed by atoms with Gasteiger partial charge in [-0.25, -0.2) is 0 Å². The normalized spacial score (nSPS) is 10.5. The number of fused-ring (bicyclic) bond motifs is 1. The predicted molar refractivity (Wildman–Crippen MR) is 85.8 cm³/mol. The van der Waals surface area contributed by atoms with Gasteiger partial charge in [-0.1, -0.05) is 12.1 Å². The zero-order valence-electron chi connectivity index (χ0n) is 12.3. The Labute approximate surface area is 127 Å². The highest BCUT2D eigenvalue weighted by molar-refractivity contribution is 6.08. The van der Waals surface area contributed by atoms with Crippen LogP contribution >= 0.6 is 0 Å². The standard InChI is InChI=1S/C17H16N2O3/c1-21-13-8-12(9-14(10-13)22-2)17(20)19-15-5-3-4-11-6-7-18-16(11)15/h3-10,18H,1-2H3,(H,19,20). The zero-order valence-corrected chi connectivity index (χ0v) is 12.3. The van der Waals surface area contributed by atoms with Crippen LogP contribution in [0.5, 0.6) is 11.5 Å². The first-order valence-electron chi connectivity index (χ1n) is 6.82. The van der Waals surface area contributed by atoms with Gasteiger partial charge in [-0.2, -0.15) is 0 Å². The summed E-state index contributed by atoms with van der Waals surface area (Å²) in [6, 6.07) is 12.8. The van der Waals surface area contributed by atoms with Crippen molar-refractivity contribution in [2.45, 2.75) is 0 Å². The molecule has 1 aromatic heterocycles. The van der Waals surface area contributed by atoms with Crippen LogP contribution in [0.1, 0.15) is 10.4 Å². The maximum absolute atomic E-state index is 12.5. The number of hydrogen-bond donors (Lipinski definition) is 2. The molecule has 5 heteroatoms. The van der Waals surface area contributed by atoms with Crippen molar-refractivity contribution in [3.8, 4) is 11.5 Å². The molecule has 112 valence electrons. The summed E-state index contributed by atoms with van der Waals surface area (Å²) in [6.45, 7) is 0. The second kappa shape index (κ2) is 5.81. The Morgan fingerprint density at radius 2 is 1.77 bits per heavy atom. The van der Waals surface area contributed by atoms with E-state index in [1.165, 1.54) is 0 Å². The van der Waals surface area contributed by atoms with Gasteiger partial charge < -0.3 is 19.8 Å². The van der Waals surface area contributed by atoms with E-state index in [0.29, 0.717) is 17.1 Å². The van der Waals surface area contributed by atoms with Crippen molar-refractivity contribution >= 4 is 22.5 Å². The third-order valence-corrected chi connectivity index (χ3v) is 3.45. The number of aromatic amines is 1. The van der Waals surface area contributed by atoms with Crippen molar-refractivity contribution in [3.63, 3.8) is 0 Å². The van der Waals surface area contributed by atoms with Gasteiger partial charge in [-0.05, 0) is 24.3 Å². The number of anilines is 1. The average Bonchev–Trinajstić information content (AvgIpc) is 3.04. The summed E-state index contributed by atoms with van der Waals surface area (Å²) in [6.07, 6.45) is 1.84. The third-order valence-electron chi connectivity index (χ3n) is 3.45. The van der Waals surface area contributed by atoms with Crippen molar-refractivity contribution in [1.29, 1.82) is 0 Å². The number of para-hydroxylation sites is 1. The number of aromatic nitrogens is 1. The van der Waals surface area contributed by atoms with Gasteiger partial charge in [0.15, 0.2) is 0 Å². The molecule has 0 saturated heterocycles. The number of methoxy groups -OCH3 is 2. The summed E-state index contributed by atoms with van der Waals surface area (Å²) >= 11 is 0. The molecule has 1 heterocycles. The monoisotopic (exact) mass is 296 g/mol. The molecule has 0 aliphatic carbocycles. The number of H-pyrrole nitrogens is 1. The van der Waals surface area contributed by atoms with Gasteiger partial charge in [0.2, 0.25) is 0 Å². The van der Waals surface area contributed by atoms with Crippen LogP contribution in [-0.2, 0) is 0 Å². The van der Waals surface area contributed by atoms with E-state index in [9.17, 15) is 4.79 Å². The van der Waals surface area contributed by atoms with Gasteiger partial charge >= 0.3 is 0 Å². The first kappa shape index (κ1) is 14.0. The van der Waals surface area contributed by atoms with Crippen molar-refractivity contribution in [1.82, 2.24) is 4.98 Å². The highest BCUT2D eigenvalue weighted by Gasteiger charge is 2.12. The van der Waals surface area contributed by atoms with Crippen LogP contribution in [0.4, 0.5) is 5.69 Å². The average molecular weight is 296 g/mol. The molecule has 0 unspecified atom stereocenters. The van der Waals surface area contributed by atoms with Gasteiger partial charge in [0.05, 0.1) is 25.4 Å². The molecule has 0 atom stereocenters. The fraction of sp³-hybridized carbons (Fsp3) is 0.118. The Morgan fingerprint density at radius 3 is 2.45 bits per heavy atom. The molecule has 0 radical (unpaired) electrons. The zero-order chi connectivity index (χ0) is 15.5. The van der Waals surface area contributed by atoms with Crippen LogP contribution in [0.25, 0.3) is 10.9 Å². The molecule has 0 bridgehead atoms. The molecule has 2 aromatic carbocycles. The summed E-state index contributed by atoms with van der Waals surface area (Å²) < 4.78 is 10.4. The molecule has 0 aliphatic rings. The Balaban J connectivity index is 1.93. The second-order valence-corrected chi connectivity index (χ2v) is 4.80. The molecule has 1 amide bonds. The topological polar surface area (TPSA) is 63.4 Å². The van der Waals surface area contributed by atoms with Gasteiger partial charge in [0, 0.05) is 23.2 Å². The lowest BCUT2D eigenvalue weighted by molar-refractivity contribution is 0.102. The maximum Gasteiger partial charge on any atom is 0.255 e. The first-order chi connectivity index (χ1) is 10.7. The van der Waals surface area contributed by atoms with E-state index in [-0.39, 0.29) is 5.91 Å². The Hall–Kier alpha value is -2.95. The lowest BCUT2D eigenvalue weighted by Crippen LogP contribution is -2.12. The molecule has 0 saturated carbocycles. The lowest BCUT2D eigenvalue weighted by atomic mass is 10.1. The Morgan fingerprint density at radius 1 is 1.05 bits per heavy atom. The number of rotatable bonds is 4. The van der Waals surface area contributed by atoms with Crippen LogP contribution < -0.4 is 14.8 Å². The second-order valence-electron chi connectivity index (χ2n) is 4.80. The summed E-state index contributed by atoms with van der Waals surface area (Å²) in [7, 11) is 3.10. The van der Waals surface area contributed by atoms with Crippen LogP contribution in [0.15, 0.2) is 48.7 Å². The molecule has 0 spiro atoms. The predicted octanol–water partition coefficient (Wildman–Crippen LogP) is 3.44. The smallest absolute Gasteiger partial charge is 0.255 e. The minimum atomic E-state index is -0.223. The summed E-state index contributed by atoms with van der Waals surface area (Å²) in [4.78, 5) is 15.6. The molecule has 0 fully saturated rings. The number of hydrogen-bond acceptors (Lipinski definition) is 3. The van der Waals surface area contributed by atoms with E-state index in [4.69, 9.17) is 9.47 Å². The number of carbonyl (C=O) groups excluding carboxylic acids is 1. The fourth-order valence-electron chi connectivity index (χ4n) is 2.32. The van der Waals surface area contributed by atoms with Gasteiger partial charge in [0.1, 0.15) is 11.5 Å². The van der Waals surface area contributed by atoms with Crippen LogP contribution in [-0.4, -0.2) is 25.1 Å². The molecule has 0 aliphatic heterocycles. The third kappa shape index (κ3) is 2.61. The minimum Gasteiger partial charge on any atom is -0.497 e. The van der Waals surface area contributed by atoms with Crippen molar-refractivity contribution in [2.24, 2.45) is 0 Å². The van der Waals surface area contributed by atoms with Crippen molar-refractivity contribution < 1.29 is 14.3 Å². The molecule has 2 N–H and O–H groups in total. The summed E-state index contributed by atoms with van der Waals surface area (Å²) in [5.41, 5.74) is 2.10. The van der Waals surface area contributed by atoms with Gasteiger partial charge in [-0.3, -0.25) is 4.79 Å². The van der Waals surface area contributed by atoms with Crippen LogP contribution in [0.3, 0.4) is 0 Å². The van der Waals surface area contributed by atoms with E-state index in [1.54, 1.807) is 32.4 Å². The van der Waals surface area contributed by atoms with E-state index in [2.05, 4.69) is 10.3 Å². The van der Waals surface area contributed by atoms with Crippen molar-refractivity contribution in [2.75, 3.05) is 19.5 Å². The van der Waals surface area contributed by atoms with Crippen LogP contribution in [0.2, 0.25) is 0 Å². The minimum absolute atomic E-state index is 0.223. The highest BCUT2D eigenvalue weighted by Crippen LogP contribution is 2.25. The maximum atomic E-state index is 12.5. The molecule has 3 rings (SSSR count). The van der Waals surface area contributed by atoms with E-state index in [1.807, 2.05) is 30.5 Å². The lowest BCUT2D eigenvalue weighted by Gasteiger charge is -2.10. The van der Waals surface area contributed by atoms with Crippen molar-refractivity contribution in [3.05, 3.63) is 54.2 Å². The van der Waals surface area contributed by atoms with E-state index in [0.717, 1.165) is 16.6 Å². The number of amides is 1. The van der Waals surface area contributed by atoms with Gasteiger partial charge in [-0.15, -0.1) is 0 Å². The molecule has 5 nitrogen and oxygen atoms in total. The summed E-state index contributed by atoms with van der Waals surface area (Å²) in [5, 5.41) is 3.95. The fourth-order valence-corrected chi connectivity index (χ4v) is 2.32. The number of benzene rings is 2. The van der Waals surface area contributed by atoms with Gasteiger partial charge in [0.25, 0.3) is 5.91 Å². The molecular formula is C17H16N2O3. The Bertz CT molecular complexity index is 801. The number of nitrogens with one attached hydrogen (secondary N) is 2. The van der Waals surface area contributed by atoms with E-state index >= 15 is 0 Å². The Kier molecular flexibility index (Phi) is 3.70.